The number of methoxy groups -OCH3 is 1. The van der Waals surface area contributed by atoms with Crippen LogP contribution in [0.4, 0.5) is 0 Å². The minimum absolute atomic E-state index is 0.364. The first-order valence-corrected chi connectivity index (χ1v) is 8.76. The van der Waals surface area contributed by atoms with E-state index in [1.165, 1.54) is 6.92 Å². The molecule has 128 valence electrons. The van der Waals surface area contributed by atoms with Gasteiger partial charge < -0.3 is 9.47 Å². The van der Waals surface area contributed by atoms with Crippen LogP contribution < -0.4 is 9.47 Å². The van der Waals surface area contributed by atoms with E-state index in [4.69, 9.17) is 9.47 Å². The third-order valence-corrected chi connectivity index (χ3v) is 5.07. The van der Waals surface area contributed by atoms with E-state index in [-0.39, 0.29) is 5.97 Å². The number of carbonyl (C=O) groups excluding carboxylic acids is 1. The van der Waals surface area contributed by atoms with Gasteiger partial charge in [-0.25, -0.2) is 4.21 Å². The fraction of sp³-hybridized carbons (Fsp3) is 0.316. The summed E-state index contributed by atoms with van der Waals surface area (Å²) in [5, 5.41) is 0. The number of carbonyl (C=O) groups is 1. The molecule has 0 amide bonds. The molecule has 0 heterocycles. The predicted molar refractivity (Wildman–Crippen MR) is 94.4 cm³/mol. The molecule has 0 saturated carbocycles. The van der Waals surface area contributed by atoms with Gasteiger partial charge >= 0.3 is 5.97 Å². The molecular weight excluding hydrogens is 324 g/mol. The third-order valence-electron chi connectivity index (χ3n) is 3.75. The summed E-state index contributed by atoms with van der Waals surface area (Å²) >= 11 is 0. The van der Waals surface area contributed by atoms with E-state index < -0.39 is 10.8 Å². The summed E-state index contributed by atoms with van der Waals surface area (Å²) in [6, 6.07) is 7.37. The Labute approximate surface area is 145 Å². The van der Waals surface area contributed by atoms with Crippen molar-refractivity contribution in [2.24, 2.45) is 0 Å². The first-order chi connectivity index (χ1) is 11.2. The van der Waals surface area contributed by atoms with Gasteiger partial charge in [-0.2, -0.15) is 0 Å². The second-order valence-corrected chi connectivity index (χ2v) is 7.32. The smallest absolute Gasteiger partial charge is 0.308 e. The molecule has 0 bridgehead atoms. The maximum absolute atomic E-state index is 13.0. The number of aryl methyl sites for hydroxylation is 4. The quantitative estimate of drug-likeness (QED) is 0.620. The van der Waals surface area contributed by atoms with Crippen molar-refractivity contribution in [2.45, 2.75) is 44.4 Å². The van der Waals surface area contributed by atoms with E-state index in [1.807, 2.05) is 39.8 Å². The maximum Gasteiger partial charge on any atom is 0.308 e. The van der Waals surface area contributed by atoms with Gasteiger partial charge in [-0.05, 0) is 74.2 Å². The van der Waals surface area contributed by atoms with Crippen LogP contribution in [0.2, 0.25) is 0 Å². The number of esters is 1. The Kier molecular flexibility index (Phi) is 5.44. The predicted octanol–water partition coefficient (Wildman–Crippen LogP) is 4.02. The van der Waals surface area contributed by atoms with Gasteiger partial charge in [-0.15, -0.1) is 0 Å². The normalized spacial score (nSPS) is 11.9. The Morgan fingerprint density at radius 3 is 1.54 bits per heavy atom. The van der Waals surface area contributed by atoms with Crippen molar-refractivity contribution in [3.8, 4) is 11.5 Å². The molecule has 0 aliphatic rings. The van der Waals surface area contributed by atoms with Gasteiger partial charge in [0.2, 0.25) is 0 Å². The molecule has 0 spiro atoms. The number of ether oxygens (including phenoxy) is 2. The fourth-order valence-corrected chi connectivity index (χ4v) is 4.21. The van der Waals surface area contributed by atoms with Gasteiger partial charge in [0.05, 0.1) is 17.9 Å². The number of rotatable bonds is 4. The maximum atomic E-state index is 13.0. The van der Waals surface area contributed by atoms with E-state index >= 15 is 0 Å². The lowest BCUT2D eigenvalue weighted by atomic mass is 10.1. The molecule has 2 rings (SSSR count). The number of hydrogen-bond acceptors (Lipinski definition) is 4. The summed E-state index contributed by atoms with van der Waals surface area (Å²) in [4.78, 5) is 12.6. The SMILES string of the molecule is COc1c(C)cc(S(=O)c2cc(C)c(OC(C)=O)c(C)c2)cc1C. The monoisotopic (exact) mass is 346 g/mol. The topological polar surface area (TPSA) is 52.6 Å². The highest BCUT2D eigenvalue weighted by Crippen LogP contribution is 2.31. The van der Waals surface area contributed by atoms with E-state index in [2.05, 4.69) is 0 Å². The van der Waals surface area contributed by atoms with Gasteiger partial charge in [-0.1, -0.05) is 0 Å². The Bertz CT molecular complexity index is 778. The molecular formula is C19H22O4S. The highest BCUT2D eigenvalue weighted by Gasteiger charge is 2.15. The van der Waals surface area contributed by atoms with Crippen LogP contribution in [0.15, 0.2) is 34.1 Å². The van der Waals surface area contributed by atoms with Crippen LogP contribution in [-0.2, 0) is 15.6 Å². The third kappa shape index (κ3) is 3.67. The molecule has 0 aliphatic heterocycles. The molecule has 0 aliphatic carbocycles. The van der Waals surface area contributed by atoms with Crippen molar-refractivity contribution in [3.63, 3.8) is 0 Å². The van der Waals surface area contributed by atoms with Crippen LogP contribution in [0.5, 0.6) is 11.5 Å². The Balaban J connectivity index is 2.46. The van der Waals surface area contributed by atoms with E-state index in [0.717, 1.165) is 32.9 Å². The van der Waals surface area contributed by atoms with Crippen molar-refractivity contribution in [2.75, 3.05) is 7.11 Å². The largest absolute Gasteiger partial charge is 0.496 e. The molecule has 0 N–H and O–H groups in total. The first kappa shape index (κ1) is 18.2. The van der Waals surface area contributed by atoms with Gasteiger partial charge in [0, 0.05) is 16.7 Å². The molecule has 5 heteroatoms. The van der Waals surface area contributed by atoms with Gasteiger partial charge in [-0.3, -0.25) is 4.79 Å². The summed E-state index contributed by atoms with van der Waals surface area (Å²) in [6.45, 7) is 8.93. The van der Waals surface area contributed by atoms with Crippen LogP contribution >= 0.6 is 0 Å². The van der Waals surface area contributed by atoms with Crippen LogP contribution in [0.25, 0.3) is 0 Å². The Hall–Kier alpha value is -2.14. The lowest BCUT2D eigenvalue weighted by Crippen LogP contribution is -2.05. The van der Waals surface area contributed by atoms with Crippen LogP contribution in [0, 0.1) is 27.7 Å². The molecule has 24 heavy (non-hydrogen) atoms. The van der Waals surface area contributed by atoms with Crippen LogP contribution in [-0.4, -0.2) is 17.3 Å². The summed E-state index contributed by atoms with van der Waals surface area (Å²) in [5.41, 5.74) is 3.47. The zero-order valence-corrected chi connectivity index (χ0v) is 15.7. The highest BCUT2D eigenvalue weighted by atomic mass is 32.2. The van der Waals surface area contributed by atoms with Crippen LogP contribution in [0.1, 0.15) is 29.2 Å². The average Bonchev–Trinajstić information content (AvgIpc) is 2.49. The summed E-state index contributed by atoms with van der Waals surface area (Å²) in [5.74, 6) is 0.982. The molecule has 0 aromatic heterocycles. The molecule has 0 fully saturated rings. The summed E-state index contributed by atoms with van der Waals surface area (Å²) in [7, 11) is 0.316. The van der Waals surface area contributed by atoms with Crippen molar-refractivity contribution in [3.05, 3.63) is 46.5 Å². The van der Waals surface area contributed by atoms with Gasteiger partial charge in [0.15, 0.2) is 0 Å². The van der Waals surface area contributed by atoms with Crippen molar-refractivity contribution in [1.29, 1.82) is 0 Å². The second kappa shape index (κ2) is 7.18. The lowest BCUT2D eigenvalue weighted by Gasteiger charge is -2.14. The van der Waals surface area contributed by atoms with Crippen molar-refractivity contribution >= 4 is 16.8 Å². The first-order valence-electron chi connectivity index (χ1n) is 7.61. The molecule has 0 radical (unpaired) electrons. The molecule has 2 aromatic carbocycles. The highest BCUT2D eigenvalue weighted by molar-refractivity contribution is 7.85. The standard InChI is InChI=1S/C19H22O4S/c1-11-7-16(8-12(2)18(11)22-6)24(21)17-9-13(3)19(14(4)10-17)23-15(5)20/h7-10H,1-6H3. The minimum Gasteiger partial charge on any atom is -0.496 e. The van der Waals surface area contributed by atoms with E-state index in [1.54, 1.807) is 19.2 Å². The van der Waals surface area contributed by atoms with E-state index in [0.29, 0.717) is 10.6 Å². The Morgan fingerprint density at radius 2 is 1.21 bits per heavy atom. The molecule has 2 aromatic rings. The van der Waals surface area contributed by atoms with Gasteiger partial charge in [0.1, 0.15) is 11.5 Å². The molecule has 0 saturated heterocycles. The number of benzene rings is 2. The fourth-order valence-electron chi connectivity index (χ4n) is 2.80. The molecule has 1 unspecified atom stereocenters. The van der Waals surface area contributed by atoms with Gasteiger partial charge in [0.25, 0.3) is 0 Å². The second-order valence-electron chi connectivity index (χ2n) is 5.84. The minimum atomic E-state index is -1.32. The average molecular weight is 346 g/mol. The zero-order chi connectivity index (χ0) is 18.0. The van der Waals surface area contributed by atoms with Crippen LogP contribution in [0.3, 0.4) is 0 Å². The van der Waals surface area contributed by atoms with E-state index in [9.17, 15) is 9.00 Å². The molecule has 4 nitrogen and oxygen atoms in total. The van der Waals surface area contributed by atoms with Crippen molar-refractivity contribution < 1.29 is 18.5 Å². The Morgan fingerprint density at radius 1 is 0.833 bits per heavy atom. The molecule has 1 atom stereocenters. The lowest BCUT2D eigenvalue weighted by molar-refractivity contribution is -0.131. The summed E-state index contributed by atoms with van der Waals surface area (Å²) in [6.07, 6.45) is 0. The zero-order valence-electron chi connectivity index (χ0n) is 14.9. The van der Waals surface area contributed by atoms with Crippen molar-refractivity contribution in [1.82, 2.24) is 0 Å². The number of hydrogen-bond donors (Lipinski definition) is 0. The summed E-state index contributed by atoms with van der Waals surface area (Å²) < 4.78 is 23.5.